The molecule has 19 heavy (non-hydrogen) atoms. The first-order chi connectivity index (χ1) is 9.11. The van der Waals surface area contributed by atoms with Gasteiger partial charge in [-0.2, -0.15) is 0 Å². The lowest BCUT2D eigenvalue weighted by Gasteiger charge is -2.11. The molecule has 0 aliphatic carbocycles. The highest BCUT2D eigenvalue weighted by Crippen LogP contribution is 2.18. The Morgan fingerprint density at radius 3 is 2.84 bits per heavy atom. The molecule has 1 aromatic carbocycles. The van der Waals surface area contributed by atoms with Crippen molar-refractivity contribution in [2.24, 2.45) is 5.73 Å². The van der Waals surface area contributed by atoms with Gasteiger partial charge in [0.05, 0.1) is 6.20 Å². The maximum Gasteiger partial charge on any atom is 0.249 e. The van der Waals surface area contributed by atoms with E-state index in [0.717, 1.165) is 0 Å². The summed E-state index contributed by atoms with van der Waals surface area (Å²) in [6.07, 6.45) is 1.28. The summed E-state index contributed by atoms with van der Waals surface area (Å²) in [5.41, 5.74) is 6.15. The lowest BCUT2D eigenvalue weighted by molar-refractivity contribution is 0.0997. The van der Waals surface area contributed by atoms with E-state index in [9.17, 15) is 9.18 Å². The number of benzene rings is 1. The number of primary amides is 1. The molecular weight excluding hydrogens is 253 g/mol. The van der Waals surface area contributed by atoms with Crippen molar-refractivity contribution in [2.45, 2.75) is 13.3 Å². The second-order valence-electron chi connectivity index (χ2n) is 3.80. The summed E-state index contributed by atoms with van der Waals surface area (Å²) < 4.78 is 18.2. The van der Waals surface area contributed by atoms with Crippen molar-refractivity contribution in [3.8, 4) is 5.88 Å². The second kappa shape index (κ2) is 5.38. The maximum absolute atomic E-state index is 12.9. The van der Waals surface area contributed by atoms with Crippen LogP contribution in [0.4, 0.5) is 4.39 Å². The Bertz CT molecular complexity index is 598. The zero-order valence-corrected chi connectivity index (χ0v) is 9.91. The molecule has 0 saturated carbocycles. The largest absolute Gasteiger partial charge is 0.472 e. The molecule has 6 nitrogen and oxygen atoms in total. The van der Waals surface area contributed by atoms with E-state index in [-0.39, 0.29) is 18.1 Å². The summed E-state index contributed by atoms with van der Waals surface area (Å²) in [5.74, 6) is -0.492. The summed E-state index contributed by atoms with van der Waals surface area (Å²) >= 11 is 0. The predicted octanol–water partition coefficient (Wildman–Crippen LogP) is 1.27. The molecule has 0 aliphatic heterocycles. The zero-order valence-electron chi connectivity index (χ0n) is 9.91. The number of aromatic nitrogens is 2. The first-order valence-corrected chi connectivity index (χ1v) is 5.46. The monoisotopic (exact) mass is 265 g/mol. The number of alkyl halides is 1. The van der Waals surface area contributed by atoms with Crippen LogP contribution in [0.3, 0.4) is 0 Å². The van der Waals surface area contributed by atoms with E-state index in [1.807, 2.05) is 0 Å². The normalized spacial score (nSPS) is 10.4. The molecular formula is C12H12FN3O3. The Morgan fingerprint density at radius 1 is 1.47 bits per heavy atom. The fraction of sp³-hybridized carbons (Fsp3) is 0.167. The molecule has 0 bridgehead atoms. The van der Waals surface area contributed by atoms with Gasteiger partial charge in [0.1, 0.15) is 13.3 Å². The second-order valence-corrected chi connectivity index (χ2v) is 3.80. The maximum atomic E-state index is 12.9. The minimum atomic E-state index is -0.728. The van der Waals surface area contributed by atoms with Crippen molar-refractivity contribution in [1.29, 1.82) is 0 Å². The molecule has 0 spiro atoms. The fourth-order valence-electron chi connectivity index (χ4n) is 1.68. The van der Waals surface area contributed by atoms with Crippen LogP contribution in [-0.4, -0.2) is 21.1 Å². The molecule has 0 aliphatic rings. The molecule has 0 fully saturated rings. The minimum Gasteiger partial charge on any atom is -0.472 e. The third-order valence-corrected chi connectivity index (χ3v) is 2.60. The van der Waals surface area contributed by atoms with Crippen molar-refractivity contribution in [2.75, 3.05) is 0 Å². The van der Waals surface area contributed by atoms with Gasteiger partial charge in [0, 0.05) is 17.2 Å². The van der Waals surface area contributed by atoms with Gasteiger partial charge in [0.2, 0.25) is 11.8 Å². The van der Waals surface area contributed by atoms with E-state index in [1.54, 1.807) is 12.1 Å². The number of hydrogen-bond donors (Lipinski definition) is 2. The molecule has 0 saturated heterocycles. The topological polar surface area (TPSA) is 90.4 Å². The van der Waals surface area contributed by atoms with Crippen molar-refractivity contribution in [3.63, 3.8) is 0 Å². The van der Waals surface area contributed by atoms with Crippen LogP contribution < -0.4 is 10.5 Å². The number of carbonyl (C=O) groups excluding carboxylic acids is 1. The van der Waals surface area contributed by atoms with Crippen LogP contribution in [0.1, 0.15) is 21.5 Å². The molecule has 0 radical (unpaired) electrons. The molecule has 0 unspecified atom stereocenters. The van der Waals surface area contributed by atoms with Gasteiger partial charge in [-0.1, -0.05) is 17.2 Å². The molecule has 1 heterocycles. The number of ether oxygens (including phenoxy) is 1. The van der Waals surface area contributed by atoms with Gasteiger partial charge in [-0.05, 0) is 11.6 Å². The van der Waals surface area contributed by atoms with Crippen molar-refractivity contribution >= 4 is 5.91 Å². The Kier molecular flexibility index (Phi) is 3.65. The van der Waals surface area contributed by atoms with Gasteiger partial charge in [0.15, 0.2) is 0 Å². The van der Waals surface area contributed by atoms with Crippen LogP contribution in [0.5, 0.6) is 5.88 Å². The molecule has 2 aromatic rings. The zero-order chi connectivity index (χ0) is 13.8. The number of rotatable bonds is 5. The Balaban J connectivity index is 2.25. The summed E-state index contributed by atoms with van der Waals surface area (Å²) in [6, 6.07) is 6.05. The van der Waals surface area contributed by atoms with Gasteiger partial charge < -0.3 is 15.7 Å². The summed E-state index contributed by atoms with van der Waals surface area (Å²) in [4.78, 5) is 11.9. The molecule has 3 N–H and O–H groups in total. The Morgan fingerprint density at radius 2 is 2.26 bits per heavy atom. The molecule has 2 rings (SSSR count). The smallest absolute Gasteiger partial charge is 0.249 e. The van der Waals surface area contributed by atoms with Crippen LogP contribution in [0.2, 0.25) is 0 Å². The van der Waals surface area contributed by atoms with Crippen LogP contribution in [0.25, 0.3) is 0 Å². The first-order valence-electron chi connectivity index (χ1n) is 5.46. The lowest BCUT2D eigenvalue weighted by Crippen LogP contribution is -2.16. The van der Waals surface area contributed by atoms with Crippen LogP contribution in [0.15, 0.2) is 30.5 Å². The average molecular weight is 265 g/mol. The highest BCUT2D eigenvalue weighted by Gasteiger charge is 2.13. The third-order valence-electron chi connectivity index (χ3n) is 2.60. The summed E-state index contributed by atoms with van der Waals surface area (Å²) in [6.45, 7) is -0.788. The van der Waals surface area contributed by atoms with E-state index in [4.69, 9.17) is 15.7 Å². The Hall–Kier alpha value is -2.57. The predicted molar refractivity (Wildman–Crippen MR) is 63.5 cm³/mol. The van der Waals surface area contributed by atoms with E-state index in [1.165, 1.54) is 18.3 Å². The number of halogens is 1. The van der Waals surface area contributed by atoms with Gasteiger partial charge in [-0.15, -0.1) is 4.85 Å². The molecule has 100 valence electrons. The first kappa shape index (κ1) is 12.9. The average Bonchev–Trinajstić information content (AvgIpc) is 2.81. The molecule has 1 amide bonds. The number of nitrogens with two attached hydrogens (primary N) is 1. The lowest BCUT2D eigenvalue weighted by atomic mass is 10.0. The number of amides is 1. The van der Waals surface area contributed by atoms with Crippen LogP contribution >= 0.6 is 0 Å². The highest BCUT2D eigenvalue weighted by molar-refractivity contribution is 5.94. The minimum absolute atomic E-state index is 0.0601. The van der Waals surface area contributed by atoms with Gasteiger partial charge >= 0.3 is 0 Å². The van der Waals surface area contributed by atoms with E-state index < -0.39 is 12.6 Å². The van der Waals surface area contributed by atoms with Gasteiger partial charge in [-0.3, -0.25) is 4.79 Å². The Labute approximate surface area is 108 Å². The molecule has 1 aromatic heterocycles. The van der Waals surface area contributed by atoms with E-state index in [2.05, 4.69) is 5.10 Å². The molecule has 7 heteroatoms. The van der Waals surface area contributed by atoms with Crippen molar-refractivity contribution < 1.29 is 19.1 Å². The van der Waals surface area contributed by atoms with Crippen molar-refractivity contribution in [1.82, 2.24) is 9.94 Å². The highest BCUT2D eigenvalue weighted by atomic mass is 19.1. The summed E-state index contributed by atoms with van der Waals surface area (Å²) in [7, 11) is 0. The number of hydrogen-bond acceptors (Lipinski definition) is 4. The van der Waals surface area contributed by atoms with Crippen LogP contribution in [0, 0.1) is 0 Å². The number of nitrogens with zero attached hydrogens (tertiary/aromatic N) is 2. The summed E-state index contributed by atoms with van der Waals surface area (Å²) in [5, 5.41) is 12.6. The van der Waals surface area contributed by atoms with Crippen molar-refractivity contribution in [3.05, 3.63) is 47.2 Å². The fourth-order valence-corrected chi connectivity index (χ4v) is 1.68. The van der Waals surface area contributed by atoms with E-state index >= 15 is 0 Å². The molecule has 0 atom stereocenters. The van der Waals surface area contributed by atoms with Gasteiger partial charge in [-0.25, -0.2) is 4.39 Å². The van der Waals surface area contributed by atoms with E-state index in [0.29, 0.717) is 16.0 Å². The SMILES string of the molecule is NC(=O)c1cccc(CF)c1COc1ccn(O)n1. The van der Waals surface area contributed by atoms with Crippen LogP contribution in [-0.2, 0) is 13.3 Å². The van der Waals surface area contributed by atoms with Gasteiger partial charge in [0.25, 0.3) is 0 Å². The third kappa shape index (κ3) is 2.82. The number of carbonyl (C=O) groups is 1. The standard InChI is InChI=1S/C12H12FN3O3/c13-6-8-2-1-3-9(12(14)17)10(8)7-19-11-4-5-16(18)15-11/h1-5,18H,6-7H2,(H2,14,17). The quantitative estimate of drug-likeness (QED) is 0.796.